The van der Waals surface area contributed by atoms with Crippen LogP contribution in [0.5, 0.6) is 5.75 Å². The molecular formula is C11H13N3O. The molecule has 0 radical (unpaired) electrons. The van der Waals surface area contributed by atoms with Crippen LogP contribution < -0.4 is 10.5 Å². The molecule has 1 aromatic carbocycles. The molecule has 4 nitrogen and oxygen atoms in total. The molecule has 2 rings (SSSR count). The Morgan fingerprint density at radius 1 is 1.40 bits per heavy atom. The summed E-state index contributed by atoms with van der Waals surface area (Å²) in [5, 5.41) is 0. The molecule has 0 aliphatic heterocycles. The van der Waals surface area contributed by atoms with E-state index in [0.717, 1.165) is 17.1 Å². The molecule has 0 atom stereocenters. The van der Waals surface area contributed by atoms with Crippen LogP contribution in [0.1, 0.15) is 0 Å². The minimum absolute atomic E-state index is 0.523. The van der Waals surface area contributed by atoms with Gasteiger partial charge in [0.2, 0.25) is 0 Å². The second kappa shape index (κ2) is 3.65. The first-order valence-corrected chi connectivity index (χ1v) is 4.64. The van der Waals surface area contributed by atoms with Crippen LogP contribution in [0.2, 0.25) is 0 Å². The smallest absolute Gasteiger partial charge is 0.142 e. The average Bonchev–Trinajstić information content (AvgIpc) is 2.58. The third kappa shape index (κ3) is 1.79. The van der Waals surface area contributed by atoms with Gasteiger partial charge in [-0.3, -0.25) is 0 Å². The van der Waals surface area contributed by atoms with Gasteiger partial charge in [0.15, 0.2) is 0 Å². The summed E-state index contributed by atoms with van der Waals surface area (Å²) in [5.41, 5.74) is 6.62. The summed E-state index contributed by atoms with van der Waals surface area (Å²) < 4.78 is 7.05. The van der Waals surface area contributed by atoms with Gasteiger partial charge in [0.05, 0.1) is 7.11 Å². The lowest BCUT2D eigenvalue weighted by Crippen LogP contribution is -1.91. The lowest BCUT2D eigenvalue weighted by atomic mass is 10.2. The van der Waals surface area contributed by atoms with Crippen LogP contribution in [0.15, 0.2) is 30.5 Å². The third-order valence-electron chi connectivity index (χ3n) is 2.22. The van der Waals surface area contributed by atoms with E-state index < -0.39 is 0 Å². The third-order valence-corrected chi connectivity index (χ3v) is 2.22. The number of aromatic nitrogens is 2. The fourth-order valence-corrected chi connectivity index (χ4v) is 1.52. The van der Waals surface area contributed by atoms with E-state index in [2.05, 4.69) is 4.98 Å². The average molecular weight is 203 g/mol. The Balaban J connectivity index is 2.49. The Hall–Kier alpha value is -1.97. The van der Waals surface area contributed by atoms with Gasteiger partial charge in [-0.1, -0.05) is 12.1 Å². The van der Waals surface area contributed by atoms with Gasteiger partial charge in [-0.05, 0) is 12.1 Å². The number of benzene rings is 1. The molecule has 78 valence electrons. The molecule has 2 N–H and O–H groups in total. The molecule has 0 amide bonds. The molecular weight excluding hydrogens is 190 g/mol. The number of methoxy groups -OCH3 is 1. The number of rotatable bonds is 2. The molecule has 0 spiro atoms. The van der Waals surface area contributed by atoms with Crippen LogP contribution in [0.25, 0.3) is 11.4 Å². The fourth-order valence-electron chi connectivity index (χ4n) is 1.52. The van der Waals surface area contributed by atoms with Crippen LogP contribution >= 0.6 is 0 Å². The SMILES string of the molecule is COc1cccc(-c2nc(N)cn2C)c1. The number of hydrogen-bond donors (Lipinski definition) is 1. The van der Waals surface area contributed by atoms with Crippen LogP contribution in [0.4, 0.5) is 5.82 Å². The summed E-state index contributed by atoms with van der Waals surface area (Å²) in [7, 11) is 3.56. The summed E-state index contributed by atoms with van der Waals surface area (Å²) in [5.74, 6) is 2.18. The van der Waals surface area contributed by atoms with Crippen LogP contribution in [0, 0.1) is 0 Å². The maximum absolute atomic E-state index is 5.62. The van der Waals surface area contributed by atoms with E-state index in [0.29, 0.717) is 5.82 Å². The molecule has 0 unspecified atom stereocenters. The topological polar surface area (TPSA) is 53.1 Å². The van der Waals surface area contributed by atoms with Crippen molar-refractivity contribution in [3.05, 3.63) is 30.5 Å². The summed E-state index contributed by atoms with van der Waals surface area (Å²) in [4.78, 5) is 4.24. The molecule has 0 aliphatic carbocycles. The maximum atomic E-state index is 5.62. The molecule has 0 aliphatic rings. The summed E-state index contributed by atoms with van der Waals surface area (Å²) in [6.45, 7) is 0. The zero-order valence-electron chi connectivity index (χ0n) is 8.77. The van der Waals surface area contributed by atoms with E-state index in [1.54, 1.807) is 13.3 Å². The monoisotopic (exact) mass is 203 g/mol. The van der Waals surface area contributed by atoms with Gasteiger partial charge >= 0.3 is 0 Å². The standard InChI is InChI=1S/C11H13N3O/c1-14-7-10(12)13-11(14)8-4-3-5-9(6-8)15-2/h3-7H,12H2,1-2H3. The molecule has 15 heavy (non-hydrogen) atoms. The molecule has 2 aromatic rings. The van der Waals surface area contributed by atoms with Crippen LogP contribution in [0.3, 0.4) is 0 Å². The predicted molar refractivity (Wildman–Crippen MR) is 59.6 cm³/mol. The van der Waals surface area contributed by atoms with E-state index in [9.17, 15) is 0 Å². The number of hydrogen-bond acceptors (Lipinski definition) is 3. The van der Waals surface area contributed by atoms with E-state index in [1.807, 2.05) is 35.9 Å². The number of nitrogens with zero attached hydrogens (tertiary/aromatic N) is 2. The van der Waals surface area contributed by atoms with E-state index in [1.165, 1.54) is 0 Å². The van der Waals surface area contributed by atoms with Gasteiger partial charge in [-0.25, -0.2) is 4.98 Å². The van der Waals surface area contributed by atoms with Crippen LogP contribution in [-0.4, -0.2) is 16.7 Å². The van der Waals surface area contributed by atoms with Crippen molar-refractivity contribution in [1.82, 2.24) is 9.55 Å². The Kier molecular flexibility index (Phi) is 2.33. The highest BCUT2D eigenvalue weighted by atomic mass is 16.5. The van der Waals surface area contributed by atoms with E-state index in [4.69, 9.17) is 10.5 Å². The summed E-state index contributed by atoms with van der Waals surface area (Å²) in [6, 6.07) is 7.74. The lowest BCUT2D eigenvalue weighted by molar-refractivity contribution is 0.415. The van der Waals surface area contributed by atoms with Crippen molar-refractivity contribution < 1.29 is 4.74 Å². The van der Waals surface area contributed by atoms with E-state index in [-0.39, 0.29) is 0 Å². The lowest BCUT2D eigenvalue weighted by Gasteiger charge is -2.03. The Morgan fingerprint density at radius 2 is 2.20 bits per heavy atom. The molecule has 4 heteroatoms. The van der Waals surface area contributed by atoms with Crippen molar-refractivity contribution in [3.63, 3.8) is 0 Å². The van der Waals surface area contributed by atoms with Gasteiger partial charge < -0.3 is 15.0 Å². The first-order valence-electron chi connectivity index (χ1n) is 4.64. The minimum Gasteiger partial charge on any atom is -0.497 e. The molecule has 0 fully saturated rings. The Labute approximate surface area is 88.3 Å². The first kappa shape index (κ1) is 9.58. The van der Waals surface area contributed by atoms with Crippen LogP contribution in [-0.2, 0) is 7.05 Å². The van der Waals surface area contributed by atoms with E-state index >= 15 is 0 Å². The van der Waals surface area contributed by atoms with Crippen molar-refractivity contribution in [2.45, 2.75) is 0 Å². The number of imidazole rings is 1. The molecule has 0 bridgehead atoms. The summed E-state index contributed by atoms with van der Waals surface area (Å²) in [6.07, 6.45) is 1.79. The van der Waals surface area contributed by atoms with Gasteiger partial charge in [0.1, 0.15) is 17.4 Å². The Morgan fingerprint density at radius 3 is 2.80 bits per heavy atom. The first-order chi connectivity index (χ1) is 7.20. The zero-order valence-corrected chi connectivity index (χ0v) is 8.77. The number of nitrogen functional groups attached to an aromatic ring is 1. The van der Waals surface area contributed by atoms with Crippen molar-refractivity contribution in [2.75, 3.05) is 12.8 Å². The molecule has 0 saturated carbocycles. The second-order valence-corrected chi connectivity index (χ2v) is 3.33. The molecule has 0 saturated heterocycles. The maximum Gasteiger partial charge on any atom is 0.142 e. The largest absolute Gasteiger partial charge is 0.497 e. The van der Waals surface area contributed by atoms with Gasteiger partial charge in [-0.15, -0.1) is 0 Å². The number of nitrogens with two attached hydrogens (primary N) is 1. The predicted octanol–water partition coefficient (Wildman–Crippen LogP) is 1.68. The highest BCUT2D eigenvalue weighted by molar-refractivity contribution is 5.60. The second-order valence-electron chi connectivity index (χ2n) is 3.33. The van der Waals surface area contributed by atoms with Gasteiger partial charge in [-0.2, -0.15) is 0 Å². The van der Waals surface area contributed by atoms with Gasteiger partial charge in [0, 0.05) is 18.8 Å². The minimum atomic E-state index is 0.523. The zero-order chi connectivity index (χ0) is 10.8. The van der Waals surface area contributed by atoms with Crippen molar-refractivity contribution in [1.29, 1.82) is 0 Å². The quantitative estimate of drug-likeness (QED) is 0.807. The molecule has 1 aromatic heterocycles. The van der Waals surface area contributed by atoms with Gasteiger partial charge in [0.25, 0.3) is 0 Å². The number of ether oxygens (including phenoxy) is 1. The highest BCUT2D eigenvalue weighted by Gasteiger charge is 2.06. The highest BCUT2D eigenvalue weighted by Crippen LogP contribution is 2.23. The van der Waals surface area contributed by atoms with Crippen molar-refractivity contribution >= 4 is 5.82 Å². The van der Waals surface area contributed by atoms with Crippen molar-refractivity contribution in [2.24, 2.45) is 7.05 Å². The number of aryl methyl sites for hydroxylation is 1. The fraction of sp³-hybridized carbons (Fsp3) is 0.182. The normalized spacial score (nSPS) is 10.3. The Bertz CT molecular complexity index is 476. The van der Waals surface area contributed by atoms with Crippen molar-refractivity contribution in [3.8, 4) is 17.1 Å². The summed E-state index contributed by atoms with van der Waals surface area (Å²) >= 11 is 0. The number of anilines is 1. The molecule has 1 heterocycles.